The number of hydrogen-bond donors (Lipinski definition) is 1. The molecule has 1 aromatic heterocycles. The fourth-order valence-corrected chi connectivity index (χ4v) is 4.92. The molecule has 2 aliphatic heterocycles. The summed E-state index contributed by atoms with van der Waals surface area (Å²) >= 11 is 0. The third kappa shape index (κ3) is 4.17. The van der Waals surface area contributed by atoms with Gasteiger partial charge >= 0.3 is 11.8 Å². The number of piperazine rings is 1. The molecule has 1 unspecified atom stereocenters. The minimum atomic E-state index is -0.732. The van der Waals surface area contributed by atoms with Crippen molar-refractivity contribution in [2.75, 3.05) is 24.5 Å². The van der Waals surface area contributed by atoms with Crippen LogP contribution in [0.25, 0.3) is 11.0 Å². The molecule has 10 nitrogen and oxygen atoms in total. The molecule has 3 amide bonds. The molecule has 3 heterocycles. The number of fused-ring (bicyclic) bond motifs is 1. The van der Waals surface area contributed by atoms with Crippen molar-refractivity contribution in [2.24, 2.45) is 7.05 Å². The van der Waals surface area contributed by atoms with Gasteiger partial charge in [0.2, 0.25) is 11.8 Å². The van der Waals surface area contributed by atoms with Crippen molar-refractivity contribution in [3.05, 3.63) is 28.7 Å². The molecule has 184 valence electrons. The summed E-state index contributed by atoms with van der Waals surface area (Å²) in [6.45, 7) is 11.1. The second-order valence-electron chi connectivity index (χ2n) is 10.7. The number of ether oxygens (including phenoxy) is 1. The molecule has 0 spiro atoms. The number of anilines is 1. The molecule has 34 heavy (non-hydrogen) atoms. The van der Waals surface area contributed by atoms with Crippen molar-refractivity contribution in [1.29, 1.82) is 0 Å². The van der Waals surface area contributed by atoms with Crippen LogP contribution >= 0.6 is 0 Å². The lowest BCUT2D eigenvalue weighted by Gasteiger charge is -2.47. The second-order valence-corrected chi connectivity index (χ2v) is 10.7. The number of rotatable bonds is 2. The quantitative estimate of drug-likeness (QED) is 0.673. The van der Waals surface area contributed by atoms with Crippen molar-refractivity contribution >= 4 is 34.6 Å². The van der Waals surface area contributed by atoms with Crippen molar-refractivity contribution in [3.63, 3.8) is 0 Å². The van der Waals surface area contributed by atoms with Gasteiger partial charge < -0.3 is 9.64 Å². The van der Waals surface area contributed by atoms with Crippen molar-refractivity contribution in [1.82, 2.24) is 19.4 Å². The number of piperidine rings is 1. The molecular formula is C24H33N5O5. The van der Waals surface area contributed by atoms with E-state index in [0.717, 1.165) is 11.2 Å². The van der Waals surface area contributed by atoms with E-state index in [0.29, 0.717) is 25.2 Å². The van der Waals surface area contributed by atoms with Gasteiger partial charge in [-0.2, -0.15) is 0 Å². The Balaban J connectivity index is 1.69. The van der Waals surface area contributed by atoms with Crippen LogP contribution in [0, 0.1) is 0 Å². The number of aromatic nitrogens is 2. The Morgan fingerprint density at radius 2 is 1.85 bits per heavy atom. The molecule has 0 bridgehead atoms. The molecule has 0 aliphatic carbocycles. The molecule has 2 aromatic rings. The van der Waals surface area contributed by atoms with E-state index in [1.165, 1.54) is 4.57 Å². The number of nitrogens with one attached hydrogen (secondary N) is 1. The molecule has 1 N–H and O–H groups in total. The van der Waals surface area contributed by atoms with E-state index in [1.807, 2.05) is 52.8 Å². The van der Waals surface area contributed by atoms with Gasteiger partial charge in [0.1, 0.15) is 11.6 Å². The van der Waals surface area contributed by atoms with E-state index in [4.69, 9.17) is 4.74 Å². The number of benzene rings is 1. The van der Waals surface area contributed by atoms with Gasteiger partial charge in [0.15, 0.2) is 0 Å². The predicted octanol–water partition coefficient (Wildman–Crippen LogP) is 2.15. The zero-order valence-electron chi connectivity index (χ0n) is 20.7. The molecule has 1 atom stereocenters. The van der Waals surface area contributed by atoms with Crippen LogP contribution in [0.15, 0.2) is 23.0 Å². The standard InChI is InChI=1S/C24H33N5O5/c1-23(2,3)34-22(33)28-13-12-27(14-24(28,4)5)15-8-7-9-16-19(15)26(6)21(32)29(16)17-10-11-18(30)25-20(17)31/h7-9,17H,10-14H2,1-6H3,(H,25,30,31). The van der Waals surface area contributed by atoms with E-state index in [-0.39, 0.29) is 30.5 Å². The Labute approximate surface area is 198 Å². The number of imide groups is 1. The first-order valence-electron chi connectivity index (χ1n) is 11.6. The maximum absolute atomic E-state index is 13.2. The Morgan fingerprint density at radius 1 is 1.15 bits per heavy atom. The lowest BCUT2D eigenvalue weighted by Crippen LogP contribution is -2.61. The fourth-order valence-electron chi connectivity index (χ4n) is 4.92. The highest BCUT2D eigenvalue weighted by atomic mass is 16.6. The molecular weight excluding hydrogens is 438 g/mol. The van der Waals surface area contributed by atoms with E-state index in [1.54, 1.807) is 16.5 Å². The van der Waals surface area contributed by atoms with Crippen LogP contribution in [0.5, 0.6) is 0 Å². The van der Waals surface area contributed by atoms with Crippen molar-refractivity contribution in [2.45, 2.75) is 64.6 Å². The summed E-state index contributed by atoms with van der Waals surface area (Å²) in [5.74, 6) is -0.774. The number of imidazole rings is 1. The predicted molar refractivity (Wildman–Crippen MR) is 128 cm³/mol. The highest BCUT2D eigenvalue weighted by Crippen LogP contribution is 2.33. The van der Waals surface area contributed by atoms with E-state index < -0.39 is 23.1 Å². The van der Waals surface area contributed by atoms with Crippen LogP contribution in [-0.4, -0.2) is 62.7 Å². The molecule has 4 rings (SSSR count). The van der Waals surface area contributed by atoms with Crippen LogP contribution in [0.3, 0.4) is 0 Å². The molecule has 0 radical (unpaired) electrons. The van der Waals surface area contributed by atoms with Crippen LogP contribution in [-0.2, 0) is 21.4 Å². The van der Waals surface area contributed by atoms with E-state index in [9.17, 15) is 19.2 Å². The van der Waals surface area contributed by atoms with Crippen molar-refractivity contribution < 1.29 is 19.1 Å². The number of hydrogen-bond acceptors (Lipinski definition) is 6. The SMILES string of the molecule is Cn1c(=O)n(C2CCC(=O)NC2=O)c2cccc(N3CCN(C(=O)OC(C)(C)C)C(C)(C)C3)c21. The Kier molecular flexibility index (Phi) is 5.73. The number of para-hydroxylation sites is 1. The third-order valence-electron chi connectivity index (χ3n) is 6.46. The lowest BCUT2D eigenvalue weighted by molar-refractivity contribution is -0.135. The Morgan fingerprint density at radius 3 is 2.47 bits per heavy atom. The average molecular weight is 472 g/mol. The van der Waals surface area contributed by atoms with Gasteiger partial charge in [-0.15, -0.1) is 0 Å². The summed E-state index contributed by atoms with van der Waals surface area (Å²) in [5.41, 5.74) is 0.843. The van der Waals surface area contributed by atoms with Crippen LogP contribution in [0.1, 0.15) is 53.5 Å². The van der Waals surface area contributed by atoms with Crippen LogP contribution in [0.4, 0.5) is 10.5 Å². The van der Waals surface area contributed by atoms with Crippen molar-refractivity contribution in [3.8, 4) is 0 Å². The zero-order chi connectivity index (χ0) is 25.0. The molecule has 2 saturated heterocycles. The first-order valence-corrected chi connectivity index (χ1v) is 11.6. The molecule has 1 aromatic carbocycles. The Hall–Kier alpha value is -3.30. The summed E-state index contributed by atoms with van der Waals surface area (Å²) in [4.78, 5) is 54.1. The van der Waals surface area contributed by atoms with Gasteiger partial charge in [-0.1, -0.05) is 6.07 Å². The smallest absolute Gasteiger partial charge is 0.410 e. The maximum Gasteiger partial charge on any atom is 0.410 e. The normalized spacial score (nSPS) is 21.1. The number of carbonyl (C=O) groups is 3. The molecule has 10 heteroatoms. The summed E-state index contributed by atoms with van der Waals surface area (Å²) in [6.07, 6.45) is 0.140. The highest BCUT2D eigenvalue weighted by molar-refractivity contribution is 6.00. The highest BCUT2D eigenvalue weighted by Gasteiger charge is 2.40. The maximum atomic E-state index is 13.2. The number of amides is 3. The van der Waals surface area contributed by atoms with Gasteiger partial charge in [-0.25, -0.2) is 9.59 Å². The van der Waals surface area contributed by atoms with Gasteiger partial charge in [0, 0.05) is 33.1 Å². The average Bonchev–Trinajstić information content (AvgIpc) is 2.96. The monoisotopic (exact) mass is 471 g/mol. The van der Waals surface area contributed by atoms with Gasteiger partial charge in [-0.05, 0) is 53.2 Å². The largest absolute Gasteiger partial charge is 0.444 e. The third-order valence-corrected chi connectivity index (χ3v) is 6.46. The fraction of sp³-hybridized carbons (Fsp3) is 0.583. The van der Waals surface area contributed by atoms with Crippen LogP contribution in [0.2, 0.25) is 0 Å². The topological polar surface area (TPSA) is 106 Å². The summed E-state index contributed by atoms with van der Waals surface area (Å²) in [6, 6.07) is 4.92. The molecule has 2 fully saturated rings. The summed E-state index contributed by atoms with van der Waals surface area (Å²) < 4.78 is 8.65. The number of aryl methyl sites for hydroxylation is 1. The minimum Gasteiger partial charge on any atom is -0.444 e. The first kappa shape index (κ1) is 23.8. The second kappa shape index (κ2) is 8.18. The zero-order valence-corrected chi connectivity index (χ0v) is 20.7. The van der Waals surface area contributed by atoms with E-state index in [2.05, 4.69) is 10.2 Å². The summed E-state index contributed by atoms with van der Waals surface area (Å²) in [5, 5.41) is 2.34. The summed E-state index contributed by atoms with van der Waals surface area (Å²) in [7, 11) is 1.69. The first-order chi connectivity index (χ1) is 15.8. The molecule has 2 aliphatic rings. The number of nitrogens with zero attached hydrogens (tertiary/aromatic N) is 4. The molecule has 0 saturated carbocycles. The van der Waals surface area contributed by atoms with Gasteiger partial charge in [0.05, 0.1) is 22.3 Å². The van der Waals surface area contributed by atoms with E-state index >= 15 is 0 Å². The van der Waals surface area contributed by atoms with Gasteiger partial charge in [-0.3, -0.25) is 28.9 Å². The lowest BCUT2D eigenvalue weighted by atomic mass is 9.98. The minimum absolute atomic E-state index is 0.194. The van der Waals surface area contributed by atoms with Crippen LogP contribution < -0.4 is 15.9 Å². The number of carbonyl (C=O) groups excluding carboxylic acids is 3. The Bertz CT molecular complexity index is 1220. The van der Waals surface area contributed by atoms with Gasteiger partial charge in [0.25, 0.3) is 0 Å².